The number of thioether (sulfide) groups is 1. The Balaban J connectivity index is 2.35. The second-order valence-electron chi connectivity index (χ2n) is 1.52. The number of hydrogen-bond donors (Lipinski definition) is 2. The quantitative estimate of drug-likeness (QED) is 0.399. The molecule has 10 heavy (non-hydrogen) atoms. The molecule has 0 atom stereocenters. The lowest BCUT2D eigenvalue weighted by molar-refractivity contribution is 1.01. The molecule has 0 aromatic carbocycles. The highest BCUT2D eigenvalue weighted by molar-refractivity contribution is 8.01. The third-order valence-electron chi connectivity index (χ3n) is 0.691. The first kappa shape index (κ1) is 7.49. The fraction of sp³-hybridized carbons (Fsp3) is 0.250. The SMILES string of the molecule is N=C(N)CSc1nncs1. The molecule has 0 saturated carbocycles. The summed E-state index contributed by atoms with van der Waals surface area (Å²) in [5, 5.41) is 14.3. The van der Waals surface area contributed by atoms with Crippen LogP contribution in [0.2, 0.25) is 0 Å². The lowest BCUT2D eigenvalue weighted by Crippen LogP contribution is -2.11. The fourth-order valence-corrected chi connectivity index (χ4v) is 1.61. The first-order valence-corrected chi connectivity index (χ1v) is 4.37. The maximum Gasteiger partial charge on any atom is 0.174 e. The summed E-state index contributed by atoms with van der Waals surface area (Å²) in [6.45, 7) is 0. The van der Waals surface area contributed by atoms with Gasteiger partial charge < -0.3 is 5.73 Å². The van der Waals surface area contributed by atoms with E-state index in [0.29, 0.717) is 5.75 Å². The Kier molecular flexibility index (Phi) is 2.64. The Bertz CT molecular complexity index is 207. The van der Waals surface area contributed by atoms with Crippen molar-refractivity contribution in [3.63, 3.8) is 0 Å². The van der Waals surface area contributed by atoms with Gasteiger partial charge in [-0.1, -0.05) is 23.1 Å². The van der Waals surface area contributed by atoms with E-state index in [1.165, 1.54) is 23.1 Å². The second-order valence-corrected chi connectivity index (χ2v) is 3.57. The largest absolute Gasteiger partial charge is 0.387 e. The van der Waals surface area contributed by atoms with E-state index < -0.39 is 0 Å². The molecule has 0 unspecified atom stereocenters. The van der Waals surface area contributed by atoms with Crippen molar-refractivity contribution in [1.29, 1.82) is 5.41 Å². The molecular weight excluding hydrogens is 168 g/mol. The summed E-state index contributed by atoms with van der Waals surface area (Å²) >= 11 is 2.88. The van der Waals surface area contributed by atoms with Crippen molar-refractivity contribution in [3.8, 4) is 0 Å². The third-order valence-corrected chi connectivity index (χ3v) is 2.60. The Morgan fingerprint density at radius 1 is 1.90 bits per heavy atom. The maximum atomic E-state index is 6.91. The van der Waals surface area contributed by atoms with Crippen molar-refractivity contribution < 1.29 is 0 Å². The third kappa shape index (κ3) is 2.32. The van der Waals surface area contributed by atoms with Gasteiger partial charge in [0.05, 0.1) is 5.75 Å². The minimum atomic E-state index is 0.167. The Morgan fingerprint density at radius 3 is 3.20 bits per heavy atom. The number of hydrogen-bond acceptors (Lipinski definition) is 5. The topological polar surface area (TPSA) is 75.7 Å². The van der Waals surface area contributed by atoms with Gasteiger partial charge in [0.25, 0.3) is 0 Å². The number of nitrogens with one attached hydrogen (secondary N) is 1. The highest BCUT2D eigenvalue weighted by Gasteiger charge is 1.97. The lowest BCUT2D eigenvalue weighted by Gasteiger charge is -1.91. The van der Waals surface area contributed by atoms with E-state index in [9.17, 15) is 0 Å². The van der Waals surface area contributed by atoms with Gasteiger partial charge in [-0.3, -0.25) is 5.41 Å². The van der Waals surface area contributed by atoms with Gasteiger partial charge in [-0.25, -0.2) is 0 Å². The highest BCUT2D eigenvalue weighted by Crippen LogP contribution is 2.17. The molecule has 0 bridgehead atoms. The van der Waals surface area contributed by atoms with Gasteiger partial charge in [0.1, 0.15) is 11.3 Å². The molecule has 6 heteroatoms. The van der Waals surface area contributed by atoms with Gasteiger partial charge in [-0.15, -0.1) is 10.2 Å². The highest BCUT2D eigenvalue weighted by atomic mass is 32.2. The molecule has 54 valence electrons. The van der Waals surface area contributed by atoms with Crippen molar-refractivity contribution in [3.05, 3.63) is 5.51 Å². The summed E-state index contributed by atoms with van der Waals surface area (Å²) < 4.78 is 0.857. The molecular formula is C4H6N4S2. The van der Waals surface area contributed by atoms with Crippen LogP contribution in [0.4, 0.5) is 0 Å². The van der Waals surface area contributed by atoms with E-state index in [0.717, 1.165) is 4.34 Å². The summed E-state index contributed by atoms with van der Waals surface area (Å²) in [6, 6.07) is 0. The minimum Gasteiger partial charge on any atom is -0.387 e. The maximum absolute atomic E-state index is 6.91. The lowest BCUT2D eigenvalue weighted by atomic mass is 10.7. The summed E-state index contributed by atoms with van der Waals surface area (Å²) in [5.41, 5.74) is 6.78. The second kappa shape index (κ2) is 3.52. The van der Waals surface area contributed by atoms with E-state index in [1.807, 2.05) is 0 Å². The zero-order chi connectivity index (χ0) is 7.40. The van der Waals surface area contributed by atoms with Crippen molar-refractivity contribution in [2.45, 2.75) is 4.34 Å². The Hall–Kier alpha value is -0.620. The van der Waals surface area contributed by atoms with Crippen molar-refractivity contribution in [2.75, 3.05) is 5.75 Å². The van der Waals surface area contributed by atoms with Crippen molar-refractivity contribution in [1.82, 2.24) is 10.2 Å². The van der Waals surface area contributed by atoms with Crippen LogP contribution in [-0.4, -0.2) is 21.8 Å². The molecule has 0 amide bonds. The fourth-order valence-electron chi connectivity index (χ4n) is 0.365. The van der Waals surface area contributed by atoms with Crippen LogP contribution in [0.25, 0.3) is 0 Å². The molecule has 3 N–H and O–H groups in total. The monoisotopic (exact) mass is 174 g/mol. The zero-order valence-corrected chi connectivity index (χ0v) is 6.71. The van der Waals surface area contributed by atoms with Gasteiger partial charge in [-0.2, -0.15) is 0 Å². The van der Waals surface area contributed by atoms with E-state index in [1.54, 1.807) is 5.51 Å². The van der Waals surface area contributed by atoms with Crippen molar-refractivity contribution >= 4 is 28.9 Å². The molecule has 1 heterocycles. The molecule has 0 spiro atoms. The predicted octanol–water partition coefficient (Wildman–Crippen LogP) is 0.566. The minimum absolute atomic E-state index is 0.167. The summed E-state index contributed by atoms with van der Waals surface area (Å²) in [4.78, 5) is 0. The van der Waals surface area contributed by atoms with Gasteiger partial charge in [0.15, 0.2) is 4.34 Å². The predicted molar refractivity (Wildman–Crippen MR) is 42.5 cm³/mol. The van der Waals surface area contributed by atoms with Crippen molar-refractivity contribution in [2.24, 2.45) is 5.73 Å². The summed E-state index contributed by atoms with van der Waals surface area (Å²) in [7, 11) is 0. The Morgan fingerprint density at radius 2 is 2.70 bits per heavy atom. The number of nitrogens with zero attached hydrogens (tertiary/aromatic N) is 2. The summed E-state index contributed by atoms with van der Waals surface area (Å²) in [5.74, 6) is 0.662. The zero-order valence-electron chi connectivity index (χ0n) is 5.07. The normalized spacial score (nSPS) is 9.60. The average Bonchev–Trinajstić information content (AvgIpc) is 2.34. The number of amidine groups is 1. The molecule has 1 aromatic rings. The molecule has 1 rings (SSSR count). The van der Waals surface area contributed by atoms with Crippen LogP contribution in [0.5, 0.6) is 0 Å². The number of nitrogens with two attached hydrogens (primary N) is 1. The van der Waals surface area contributed by atoms with E-state index >= 15 is 0 Å². The molecule has 0 radical (unpaired) electrons. The van der Waals surface area contributed by atoms with Gasteiger partial charge >= 0.3 is 0 Å². The van der Waals surface area contributed by atoms with Crippen LogP contribution in [0, 0.1) is 5.41 Å². The van der Waals surface area contributed by atoms with Gasteiger partial charge in [0, 0.05) is 0 Å². The van der Waals surface area contributed by atoms with Crippen LogP contribution >= 0.6 is 23.1 Å². The molecule has 0 aliphatic carbocycles. The van der Waals surface area contributed by atoms with Crippen LogP contribution in [0.15, 0.2) is 9.85 Å². The molecule has 1 aromatic heterocycles. The first-order valence-electron chi connectivity index (χ1n) is 2.51. The average molecular weight is 174 g/mol. The Labute approximate surface area is 66.4 Å². The number of rotatable bonds is 3. The van der Waals surface area contributed by atoms with E-state index in [4.69, 9.17) is 11.1 Å². The molecule has 0 aliphatic heterocycles. The van der Waals surface area contributed by atoms with Gasteiger partial charge in [0.2, 0.25) is 0 Å². The van der Waals surface area contributed by atoms with Crippen LogP contribution < -0.4 is 5.73 Å². The van der Waals surface area contributed by atoms with Crippen LogP contribution in [0.1, 0.15) is 0 Å². The molecule has 0 aliphatic rings. The van der Waals surface area contributed by atoms with Crippen LogP contribution in [0.3, 0.4) is 0 Å². The van der Waals surface area contributed by atoms with Gasteiger partial charge in [-0.05, 0) is 0 Å². The number of aromatic nitrogens is 2. The molecule has 4 nitrogen and oxygen atoms in total. The standard InChI is InChI=1S/C4H6N4S2/c5-3(6)1-9-4-8-7-2-10-4/h2H,1H2,(H3,5,6). The van der Waals surface area contributed by atoms with Crippen LogP contribution in [-0.2, 0) is 0 Å². The smallest absolute Gasteiger partial charge is 0.174 e. The van der Waals surface area contributed by atoms with E-state index in [2.05, 4.69) is 10.2 Å². The molecule has 0 saturated heterocycles. The summed E-state index contributed by atoms with van der Waals surface area (Å²) in [6.07, 6.45) is 0. The van der Waals surface area contributed by atoms with E-state index in [-0.39, 0.29) is 5.84 Å². The first-order chi connectivity index (χ1) is 4.79. The molecule has 0 fully saturated rings.